The van der Waals surface area contributed by atoms with Gasteiger partial charge in [-0.05, 0) is 45.0 Å². The number of H-pyrrole nitrogens is 1. The second-order valence-corrected chi connectivity index (χ2v) is 7.01. The van der Waals surface area contributed by atoms with Crippen LogP contribution in [-0.2, 0) is 4.74 Å². The fourth-order valence-corrected chi connectivity index (χ4v) is 2.35. The highest BCUT2D eigenvalue weighted by Gasteiger charge is 2.15. The molecule has 0 unspecified atom stereocenters. The molecule has 0 aliphatic heterocycles. The van der Waals surface area contributed by atoms with Gasteiger partial charge in [0, 0.05) is 28.5 Å². The Bertz CT molecular complexity index is 719. The van der Waals surface area contributed by atoms with Gasteiger partial charge in [-0.3, -0.25) is 4.79 Å². The maximum atomic E-state index is 12.1. The predicted molar refractivity (Wildman–Crippen MR) is 92.6 cm³/mol. The summed E-state index contributed by atoms with van der Waals surface area (Å²) in [6, 6.07) is 7.54. The Hall–Kier alpha value is -2.02. The summed E-state index contributed by atoms with van der Waals surface area (Å²) >= 11 is 3.40. The Kier molecular flexibility index (Phi) is 5.30. The molecule has 0 saturated heterocycles. The number of alkyl carbamates (subject to hydrolysis) is 1. The van der Waals surface area contributed by atoms with E-state index in [-0.39, 0.29) is 5.91 Å². The molecule has 0 aliphatic carbocycles. The van der Waals surface area contributed by atoms with Crippen molar-refractivity contribution in [2.45, 2.75) is 26.4 Å². The van der Waals surface area contributed by atoms with Crippen molar-refractivity contribution in [2.75, 3.05) is 13.1 Å². The minimum Gasteiger partial charge on any atom is -0.444 e. The number of aromatic amines is 1. The summed E-state index contributed by atoms with van der Waals surface area (Å²) in [5, 5.41) is 6.28. The lowest BCUT2D eigenvalue weighted by Gasteiger charge is -2.19. The van der Waals surface area contributed by atoms with Gasteiger partial charge in [0.05, 0.1) is 0 Å². The van der Waals surface area contributed by atoms with Crippen molar-refractivity contribution in [3.05, 3.63) is 34.4 Å². The van der Waals surface area contributed by atoms with Gasteiger partial charge in [0.25, 0.3) is 5.91 Å². The molecule has 2 aromatic rings. The highest BCUT2D eigenvalue weighted by Crippen LogP contribution is 2.20. The summed E-state index contributed by atoms with van der Waals surface area (Å²) in [7, 11) is 0. The van der Waals surface area contributed by atoms with Gasteiger partial charge in [0.2, 0.25) is 0 Å². The Labute approximate surface area is 143 Å². The van der Waals surface area contributed by atoms with Crippen LogP contribution in [0.25, 0.3) is 10.9 Å². The molecular weight excluding hydrogens is 362 g/mol. The van der Waals surface area contributed by atoms with E-state index in [1.807, 2.05) is 18.2 Å². The number of fused-ring (bicyclic) bond motifs is 1. The molecule has 1 heterocycles. The van der Waals surface area contributed by atoms with Crippen molar-refractivity contribution in [2.24, 2.45) is 0 Å². The molecule has 1 aromatic heterocycles. The third-order valence-corrected chi connectivity index (χ3v) is 3.40. The zero-order valence-corrected chi connectivity index (χ0v) is 14.9. The van der Waals surface area contributed by atoms with Crippen LogP contribution >= 0.6 is 15.9 Å². The van der Waals surface area contributed by atoms with E-state index in [2.05, 4.69) is 31.5 Å². The van der Waals surface area contributed by atoms with Gasteiger partial charge in [-0.15, -0.1) is 0 Å². The minimum atomic E-state index is -0.536. The molecule has 0 radical (unpaired) electrons. The molecule has 2 amide bonds. The summed E-state index contributed by atoms with van der Waals surface area (Å²) in [6.45, 7) is 6.00. The zero-order valence-electron chi connectivity index (χ0n) is 13.3. The van der Waals surface area contributed by atoms with Crippen molar-refractivity contribution < 1.29 is 14.3 Å². The van der Waals surface area contributed by atoms with Gasteiger partial charge >= 0.3 is 6.09 Å². The van der Waals surface area contributed by atoms with Crippen LogP contribution in [-0.4, -0.2) is 35.7 Å². The van der Waals surface area contributed by atoms with Crippen LogP contribution in [0.1, 0.15) is 31.3 Å². The van der Waals surface area contributed by atoms with Crippen LogP contribution in [0.3, 0.4) is 0 Å². The first-order valence-electron chi connectivity index (χ1n) is 7.28. The zero-order chi connectivity index (χ0) is 17.0. The van der Waals surface area contributed by atoms with Crippen molar-refractivity contribution in [1.29, 1.82) is 0 Å². The molecule has 7 heteroatoms. The number of rotatable bonds is 4. The Morgan fingerprint density at radius 2 is 1.87 bits per heavy atom. The third kappa shape index (κ3) is 5.28. The van der Waals surface area contributed by atoms with Crippen molar-refractivity contribution in [3.63, 3.8) is 0 Å². The van der Waals surface area contributed by atoms with Crippen LogP contribution < -0.4 is 10.6 Å². The molecular formula is C16H20BrN3O3. The number of halogens is 1. The number of hydrogen-bond acceptors (Lipinski definition) is 3. The molecule has 1 aromatic carbocycles. The highest BCUT2D eigenvalue weighted by atomic mass is 79.9. The number of amides is 2. The first-order valence-corrected chi connectivity index (χ1v) is 8.07. The van der Waals surface area contributed by atoms with Crippen LogP contribution in [0, 0.1) is 0 Å². The van der Waals surface area contributed by atoms with E-state index >= 15 is 0 Å². The first-order chi connectivity index (χ1) is 10.7. The van der Waals surface area contributed by atoms with E-state index in [4.69, 9.17) is 4.74 Å². The number of hydrogen-bond donors (Lipinski definition) is 3. The van der Waals surface area contributed by atoms with Gasteiger partial charge in [-0.1, -0.05) is 15.9 Å². The number of carbonyl (C=O) groups is 2. The number of carbonyl (C=O) groups excluding carboxylic acids is 2. The van der Waals surface area contributed by atoms with Gasteiger partial charge in [0.1, 0.15) is 11.3 Å². The molecule has 2 rings (SSSR count). The molecule has 124 valence electrons. The van der Waals surface area contributed by atoms with E-state index in [9.17, 15) is 9.59 Å². The van der Waals surface area contributed by atoms with E-state index in [0.717, 1.165) is 15.4 Å². The van der Waals surface area contributed by atoms with Gasteiger partial charge in [-0.25, -0.2) is 4.79 Å². The highest BCUT2D eigenvalue weighted by molar-refractivity contribution is 9.10. The predicted octanol–water partition coefficient (Wildman–Crippen LogP) is 3.18. The van der Waals surface area contributed by atoms with E-state index in [1.54, 1.807) is 26.8 Å². The molecule has 0 spiro atoms. The average molecular weight is 382 g/mol. The van der Waals surface area contributed by atoms with E-state index in [0.29, 0.717) is 18.8 Å². The van der Waals surface area contributed by atoms with Crippen LogP contribution in [0.5, 0.6) is 0 Å². The molecule has 6 nitrogen and oxygen atoms in total. The number of ether oxygens (including phenoxy) is 1. The molecule has 0 aliphatic rings. The largest absolute Gasteiger partial charge is 0.444 e. The van der Waals surface area contributed by atoms with E-state index in [1.165, 1.54) is 0 Å². The minimum absolute atomic E-state index is 0.219. The third-order valence-electron chi connectivity index (χ3n) is 2.91. The monoisotopic (exact) mass is 381 g/mol. The van der Waals surface area contributed by atoms with E-state index < -0.39 is 11.7 Å². The fraction of sp³-hybridized carbons (Fsp3) is 0.375. The summed E-state index contributed by atoms with van der Waals surface area (Å²) < 4.78 is 6.06. The average Bonchev–Trinajstić information content (AvgIpc) is 2.84. The molecule has 3 N–H and O–H groups in total. The topological polar surface area (TPSA) is 83.2 Å². The number of benzene rings is 1. The second-order valence-electron chi connectivity index (χ2n) is 6.10. The molecule has 0 atom stereocenters. The summed E-state index contributed by atoms with van der Waals surface area (Å²) in [6.07, 6.45) is -0.498. The summed E-state index contributed by atoms with van der Waals surface area (Å²) in [4.78, 5) is 26.6. The van der Waals surface area contributed by atoms with Crippen LogP contribution in [0.4, 0.5) is 4.79 Å². The second kappa shape index (κ2) is 7.04. The Balaban J connectivity index is 1.81. The normalized spacial score (nSPS) is 11.3. The number of nitrogens with one attached hydrogen (secondary N) is 3. The lowest BCUT2D eigenvalue weighted by Crippen LogP contribution is -2.37. The van der Waals surface area contributed by atoms with Gasteiger partial charge < -0.3 is 20.4 Å². The van der Waals surface area contributed by atoms with Gasteiger partial charge in [0.15, 0.2) is 0 Å². The fourth-order valence-electron chi connectivity index (χ4n) is 1.98. The lowest BCUT2D eigenvalue weighted by molar-refractivity contribution is 0.0526. The summed E-state index contributed by atoms with van der Waals surface area (Å²) in [5.41, 5.74) is 0.840. The standard InChI is InChI=1S/C16H20BrN3O3/c1-16(2,3)23-15(22)19-7-6-18-14(21)13-9-10-8-11(17)4-5-12(10)20-13/h4-5,8-9,20H,6-7H2,1-3H3,(H,18,21)(H,19,22). The molecule has 23 heavy (non-hydrogen) atoms. The molecule has 0 fully saturated rings. The molecule has 0 bridgehead atoms. The maximum Gasteiger partial charge on any atom is 0.407 e. The first kappa shape index (κ1) is 17.3. The van der Waals surface area contributed by atoms with Crippen molar-refractivity contribution in [1.82, 2.24) is 15.6 Å². The molecule has 0 saturated carbocycles. The smallest absolute Gasteiger partial charge is 0.407 e. The Morgan fingerprint density at radius 1 is 1.17 bits per heavy atom. The van der Waals surface area contributed by atoms with Gasteiger partial charge in [-0.2, -0.15) is 0 Å². The Morgan fingerprint density at radius 3 is 2.57 bits per heavy atom. The summed E-state index contributed by atoms with van der Waals surface area (Å²) in [5.74, 6) is -0.219. The van der Waals surface area contributed by atoms with Crippen LogP contribution in [0.15, 0.2) is 28.7 Å². The number of aromatic nitrogens is 1. The van der Waals surface area contributed by atoms with Crippen molar-refractivity contribution in [3.8, 4) is 0 Å². The quantitative estimate of drug-likeness (QED) is 0.711. The maximum absolute atomic E-state index is 12.1. The SMILES string of the molecule is CC(C)(C)OC(=O)NCCNC(=O)c1cc2cc(Br)ccc2[nH]1. The van der Waals surface area contributed by atoms with Crippen LogP contribution in [0.2, 0.25) is 0 Å². The lowest BCUT2D eigenvalue weighted by atomic mass is 10.2. The van der Waals surface area contributed by atoms with Crippen molar-refractivity contribution >= 4 is 38.8 Å².